The Kier molecular flexibility index (Phi) is 10.3. The van der Waals surface area contributed by atoms with Gasteiger partial charge in [0.05, 0.1) is 23.2 Å². The first kappa shape index (κ1) is 22.1. The third-order valence-electron chi connectivity index (χ3n) is 4.05. The van der Waals surface area contributed by atoms with Crippen LogP contribution >= 0.6 is 35.3 Å². The van der Waals surface area contributed by atoms with Gasteiger partial charge in [-0.05, 0) is 33.6 Å². The lowest BCUT2D eigenvalue weighted by molar-refractivity contribution is -0.149. The van der Waals surface area contributed by atoms with Gasteiger partial charge in [0.15, 0.2) is 5.96 Å². The molecule has 2 heterocycles. The van der Waals surface area contributed by atoms with Crippen molar-refractivity contribution in [3.8, 4) is 0 Å². The number of carbonyl (C=O) groups is 1. The van der Waals surface area contributed by atoms with Crippen molar-refractivity contribution >= 4 is 47.2 Å². The second-order valence-electron chi connectivity index (χ2n) is 5.86. The number of likely N-dealkylation sites (tertiary alicyclic amines) is 1. The Hall–Kier alpha value is -0.900. The van der Waals surface area contributed by atoms with Gasteiger partial charge in [0.2, 0.25) is 0 Å². The van der Waals surface area contributed by atoms with Crippen molar-refractivity contribution in [2.24, 2.45) is 10.9 Å². The molecule has 142 valence electrons. The number of guanidine groups is 1. The molecule has 6 nitrogen and oxygen atoms in total. The lowest BCUT2D eigenvalue weighted by Crippen LogP contribution is -2.46. The quantitative estimate of drug-likeness (QED) is 0.294. The molecule has 0 aliphatic carbocycles. The van der Waals surface area contributed by atoms with Gasteiger partial charge in [0, 0.05) is 38.0 Å². The van der Waals surface area contributed by atoms with E-state index in [0.717, 1.165) is 62.1 Å². The summed E-state index contributed by atoms with van der Waals surface area (Å²) in [5, 5.41) is 6.55. The van der Waals surface area contributed by atoms with Crippen LogP contribution in [-0.2, 0) is 16.0 Å². The molecule has 8 heteroatoms. The maximum atomic E-state index is 11.8. The fourth-order valence-corrected chi connectivity index (χ4v) is 3.46. The van der Waals surface area contributed by atoms with E-state index in [9.17, 15) is 4.79 Å². The first-order chi connectivity index (χ1) is 11.6. The molecule has 1 fully saturated rings. The highest BCUT2D eigenvalue weighted by atomic mass is 127. The number of halogens is 1. The summed E-state index contributed by atoms with van der Waals surface area (Å²) < 4.78 is 5.13. The Labute approximate surface area is 171 Å². The van der Waals surface area contributed by atoms with Gasteiger partial charge in [-0.15, -0.1) is 35.3 Å². The van der Waals surface area contributed by atoms with Gasteiger partial charge >= 0.3 is 5.97 Å². The van der Waals surface area contributed by atoms with E-state index in [1.54, 1.807) is 11.3 Å². The van der Waals surface area contributed by atoms with Crippen LogP contribution in [0.4, 0.5) is 0 Å². The highest BCUT2D eigenvalue weighted by Crippen LogP contribution is 2.18. The molecule has 0 saturated carbocycles. The van der Waals surface area contributed by atoms with Crippen molar-refractivity contribution in [2.45, 2.75) is 40.0 Å². The number of rotatable bonds is 6. The van der Waals surface area contributed by atoms with Gasteiger partial charge in [-0.3, -0.25) is 9.79 Å². The van der Waals surface area contributed by atoms with Crippen LogP contribution in [0.5, 0.6) is 0 Å². The molecule has 1 aliphatic rings. The summed E-state index contributed by atoms with van der Waals surface area (Å²) in [6.45, 7) is 9.65. The highest BCUT2D eigenvalue weighted by molar-refractivity contribution is 14.0. The molecule has 0 aromatic carbocycles. The Bertz CT molecular complexity index is 557. The SMILES string of the molecule is CCNC(=NCCc1csc(C)n1)N1CCC(C(=O)OCC)CC1.I. The second kappa shape index (κ2) is 11.7. The molecular formula is C17H29IN4O2S. The second-order valence-corrected chi connectivity index (χ2v) is 6.92. The largest absolute Gasteiger partial charge is 0.466 e. The number of carbonyl (C=O) groups excluding carboxylic acids is 1. The normalized spacial score (nSPS) is 15.6. The number of esters is 1. The molecule has 1 aliphatic heterocycles. The third kappa shape index (κ3) is 7.08. The van der Waals surface area contributed by atoms with E-state index in [-0.39, 0.29) is 35.9 Å². The van der Waals surface area contributed by atoms with E-state index in [1.807, 2.05) is 13.8 Å². The van der Waals surface area contributed by atoms with Crippen LogP contribution in [0.2, 0.25) is 0 Å². The minimum atomic E-state index is -0.0574. The zero-order valence-electron chi connectivity index (χ0n) is 15.3. The number of aromatic nitrogens is 1. The fraction of sp³-hybridized carbons (Fsp3) is 0.706. The number of thiazole rings is 1. The molecule has 0 radical (unpaired) electrons. The number of aliphatic imine (C=N–C) groups is 1. The Morgan fingerprint density at radius 3 is 2.72 bits per heavy atom. The standard InChI is InChI=1S/C17H28N4O2S.HI/c1-4-18-17(19-9-6-15-12-24-13(3)20-15)21-10-7-14(8-11-21)16(22)23-5-2;/h12,14H,4-11H2,1-3H3,(H,18,19);1H. The van der Waals surface area contributed by atoms with Crippen LogP contribution in [0.1, 0.15) is 37.4 Å². The maximum Gasteiger partial charge on any atom is 0.309 e. The van der Waals surface area contributed by atoms with Crippen molar-refractivity contribution in [3.63, 3.8) is 0 Å². The predicted molar refractivity (Wildman–Crippen MR) is 113 cm³/mol. The lowest BCUT2D eigenvalue weighted by Gasteiger charge is -2.33. The summed E-state index contributed by atoms with van der Waals surface area (Å²) in [6, 6.07) is 0. The molecular weight excluding hydrogens is 451 g/mol. The van der Waals surface area contributed by atoms with Crippen LogP contribution in [0, 0.1) is 12.8 Å². The Balaban J connectivity index is 0.00000312. The number of hydrogen-bond donors (Lipinski definition) is 1. The first-order valence-corrected chi connectivity index (χ1v) is 9.62. The third-order valence-corrected chi connectivity index (χ3v) is 4.87. The number of ether oxygens (including phenoxy) is 1. The van der Waals surface area contributed by atoms with Crippen molar-refractivity contribution in [1.82, 2.24) is 15.2 Å². The van der Waals surface area contributed by atoms with E-state index in [1.165, 1.54) is 0 Å². The number of hydrogen-bond acceptors (Lipinski definition) is 5. The van der Waals surface area contributed by atoms with Gasteiger partial charge in [0.1, 0.15) is 0 Å². The van der Waals surface area contributed by atoms with E-state index in [4.69, 9.17) is 9.73 Å². The minimum absolute atomic E-state index is 0. The summed E-state index contributed by atoms with van der Waals surface area (Å²) in [5.41, 5.74) is 1.11. The number of aryl methyl sites for hydroxylation is 1. The monoisotopic (exact) mass is 480 g/mol. The summed E-state index contributed by atoms with van der Waals surface area (Å²) in [4.78, 5) is 23.3. The number of piperidine rings is 1. The van der Waals surface area contributed by atoms with Gasteiger partial charge in [-0.1, -0.05) is 0 Å². The van der Waals surface area contributed by atoms with Crippen LogP contribution in [0.25, 0.3) is 0 Å². The summed E-state index contributed by atoms with van der Waals surface area (Å²) >= 11 is 1.68. The number of nitrogens with zero attached hydrogens (tertiary/aromatic N) is 3. The molecule has 1 saturated heterocycles. The molecule has 1 N–H and O–H groups in total. The van der Waals surface area contributed by atoms with Gasteiger partial charge in [-0.2, -0.15) is 0 Å². The molecule has 0 atom stereocenters. The topological polar surface area (TPSA) is 66.8 Å². The van der Waals surface area contributed by atoms with Gasteiger partial charge in [-0.25, -0.2) is 4.98 Å². The highest BCUT2D eigenvalue weighted by Gasteiger charge is 2.27. The molecule has 0 spiro atoms. The van der Waals surface area contributed by atoms with Crippen LogP contribution < -0.4 is 5.32 Å². The van der Waals surface area contributed by atoms with E-state index in [0.29, 0.717) is 6.61 Å². The van der Waals surface area contributed by atoms with Crippen LogP contribution in [0.3, 0.4) is 0 Å². The summed E-state index contributed by atoms with van der Waals surface area (Å²) in [5.74, 6) is 0.909. The summed E-state index contributed by atoms with van der Waals surface area (Å²) in [7, 11) is 0. The van der Waals surface area contributed by atoms with Gasteiger partial charge in [0.25, 0.3) is 0 Å². The predicted octanol–water partition coefficient (Wildman–Crippen LogP) is 2.85. The van der Waals surface area contributed by atoms with Crippen molar-refractivity contribution < 1.29 is 9.53 Å². The zero-order valence-corrected chi connectivity index (χ0v) is 18.4. The number of nitrogens with one attached hydrogen (secondary N) is 1. The van der Waals surface area contributed by atoms with Crippen molar-refractivity contribution in [1.29, 1.82) is 0 Å². The van der Waals surface area contributed by atoms with E-state index in [2.05, 4.69) is 27.5 Å². The van der Waals surface area contributed by atoms with Gasteiger partial charge < -0.3 is 15.0 Å². The smallest absolute Gasteiger partial charge is 0.309 e. The zero-order chi connectivity index (χ0) is 17.4. The first-order valence-electron chi connectivity index (χ1n) is 8.75. The van der Waals surface area contributed by atoms with Crippen molar-refractivity contribution in [3.05, 3.63) is 16.1 Å². The average Bonchev–Trinajstić information content (AvgIpc) is 3.00. The average molecular weight is 480 g/mol. The molecule has 0 unspecified atom stereocenters. The molecule has 1 aromatic rings. The fourth-order valence-electron chi connectivity index (χ4n) is 2.81. The van der Waals surface area contributed by atoms with Crippen LogP contribution in [-0.4, -0.2) is 54.6 Å². The maximum absolute atomic E-state index is 11.8. The van der Waals surface area contributed by atoms with Crippen molar-refractivity contribution in [2.75, 3.05) is 32.8 Å². The Morgan fingerprint density at radius 2 is 2.16 bits per heavy atom. The summed E-state index contributed by atoms with van der Waals surface area (Å²) in [6.07, 6.45) is 2.52. The molecule has 25 heavy (non-hydrogen) atoms. The molecule has 0 amide bonds. The van der Waals surface area contributed by atoms with E-state index < -0.39 is 0 Å². The molecule has 0 bridgehead atoms. The lowest BCUT2D eigenvalue weighted by atomic mass is 9.97. The Morgan fingerprint density at radius 1 is 1.44 bits per heavy atom. The van der Waals surface area contributed by atoms with Crippen LogP contribution in [0.15, 0.2) is 10.4 Å². The van der Waals surface area contributed by atoms with E-state index >= 15 is 0 Å². The minimum Gasteiger partial charge on any atom is -0.466 e. The molecule has 2 rings (SSSR count). The molecule has 1 aromatic heterocycles.